The van der Waals surface area contributed by atoms with Gasteiger partial charge in [0.1, 0.15) is 6.61 Å². The molecule has 8 heteroatoms. The second-order valence-corrected chi connectivity index (χ2v) is 11.1. The lowest BCUT2D eigenvalue weighted by molar-refractivity contribution is 0.00578. The van der Waals surface area contributed by atoms with Crippen LogP contribution < -0.4 is 5.32 Å². The Bertz CT molecular complexity index is 1390. The predicted molar refractivity (Wildman–Crippen MR) is 148 cm³/mol. The van der Waals surface area contributed by atoms with Crippen LogP contribution in [0, 0.1) is 18.6 Å². The van der Waals surface area contributed by atoms with Crippen molar-refractivity contribution in [1.29, 1.82) is 0 Å². The molecule has 3 aromatic carbocycles. The van der Waals surface area contributed by atoms with Gasteiger partial charge in [0.05, 0.1) is 11.2 Å². The van der Waals surface area contributed by atoms with Gasteiger partial charge in [-0.05, 0) is 79.5 Å². The summed E-state index contributed by atoms with van der Waals surface area (Å²) in [5.41, 5.74) is 4.48. The number of ether oxygens (including phenoxy) is 1. The molecule has 0 atom stereocenters. The Morgan fingerprint density at radius 2 is 1.51 bits per heavy atom. The highest BCUT2D eigenvalue weighted by Crippen LogP contribution is 2.44. The van der Waals surface area contributed by atoms with Crippen molar-refractivity contribution in [3.8, 4) is 11.1 Å². The van der Waals surface area contributed by atoms with Gasteiger partial charge in [0.15, 0.2) is 11.6 Å². The third-order valence-electron chi connectivity index (χ3n) is 8.06. The fourth-order valence-electron chi connectivity index (χ4n) is 5.04. The Morgan fingerprint density at radius 1 is 0.949 bits per heavy atom. The molecule has 0 radical (unpaired) electrons. The maximum Gasteiger partial charge on any atom is 0.492 e. The minimum Gasteiger partial charge on any atom is -0.449 e. The van der Waals surface area contributed by atoms with Crippen LogP contribution in [0.2, 0.25) is 0 Å². The zero-order valence-electron chi connectivity index (χ0n) is 22.8. The molecular weight excluding hydrogens is 499 g/mol. The van der Waals surface area contributed by atoms with Gasteiger partial charge in [-0.2, -0.15) is 0 Å². The summed E-state index contributed by atoms with van der Waals surface area (Å²) in [5, 5.41) is 2.79. The van der Waals surface area contributed by atoms with Crippen LogP contribution in [0.5, 0.6) is 0 Å². The summed E-state index contributed by atoms with van der Waals surface area (Å²) in [5.74, 6) is -1.90. The molecule has 1 amide bonds. The molecule has 1 saturated heterocycles. The maximum absolute atomic E-state index is 14.3. The maximum atomic E-state index is 14.3. The lowest BCUT2D eigenvalue weighted by Crippen LogP contribution is -2.41. The monoisotopic (exact) mass is 531 g/mol. The highest BCUT2D eigenvalue weighted by Gasteiger charge is 2.52. The smallest absolute Gasteiger partial charge is 0.449 e. The molecule has 0 bridgehead atoms. The first-order valence-corrected chi connectivity index (χ1v) is 13.1. The first kappa shape index (κ1) is 27.1. The largest absolute Gasteiger partial charge is 0.492 e. The van der Waals surface area contributed by atoms with E-state index < -0.39 is 36.0 Å². The number of benzene rings is 3. The highest BCUT2D eigenvalue weighted by atomic mass is 19.2. The first-order valence-electron chi connectivity index (χ1n) is 13.1. The molecule has 3 aromatic rings. The van der Waals surface area contributed by atoms with E-state index in [2.05, 4.69) is 29.6 Å². The molecule has 0 aromatic heterocycles. The van der Waals surface area contributed by atoms with Crippen molar-refractivity contribution in [1.82, 2.24) is 5.32 Å². The summed E-state index contributed by atoms with van der Waals surface area (Å²) >= 11 is 0. The molecule has 2 aliphatic rings. The normalized spacial score (nSPS) is 17.6. The van der Waals surface area contributed by atoms with Crippen LogP contribution in [-0.4, -0.2) is 37.6 Å². The second-order valence-electron chi connectivity index (χ2n) is 11.1. The van der Waals surface area contributed by atoms with Crippen molar-refractivity contribution in [3.05, 3.63) is 100 Å². The molecule has 1 N–H and O–H groups in total. The van der Waals surface area contributed by atoms with Gasteiger partial charge in [-0.15, -0.1) is 0 Å². The standard InChI is InChI=1S/C31H32BF2NO4/c1-19-20(14-15-27(33)28(19)34)16-21(32-38-30(2,3)31(4,5)39-32)17-35-29(36)37-18-26-24-12-8-6-10-22(24)23-11-7-9-13-25(23)26/h6-16,26H,17-18H2,1-5H3,(H,35,36). The number of amides is 1. The third-order valence-corrected chi connectivity index (χ3v) is 8.06. The highest BCUT2D eigenvalue weighted by molar-refractivity contribution is 6.56. The van der Waals surface area contributed by atoms with Crippen LogP contribution in [0.4, 0.5) is 13.6 Å². The van der Waals surface area contributed by atoms with Gasteiger partial charge in [-0.25, -0.2) is 13.6 Å². The Hall–Kier alpha value is -3.49. The van der Waals surface area contributed by atoms with Gasteiger partial charge in [0.25, 0.3) is 0 Å². The number of carbonyl (C=O) groups excluding carboxylic acids is 1. The van der Waals surface area contributed by atoms with Crippen molar-refractivity contribution in [2.75, 3.05) is 13.2 Å². The van der Waals surface area contributed by atoms with E-state index in [1.54, 1.807) is 6.08 Å². The molecular formula is C31H32BF2NO4. The predicted octanol–water partition coefficient (Wildman–Crippen LogP) is 6.83. The summed E-state index contributed by atoms with van der Waals surface area (Å²) in [7, 11) is -0.795. The molecule has 0 saturated carbocycles. The number of rotatable bonds is 6. The fourth-order valence-corrected chi connectivity index (χ4v) is 5.04. The van der Waals surface area contributed by atoms with Gasteiger partial charge >= 0.3 is 13.2 Å². The fraction of sp³-hybridized carbons (Fsp3) is 0.323. The molecule has 39 heavy (non-hydrogen) atoms. The summed E-state index contributed by atoms with van der Waals surface area (Å²) < 4.78 is 46.1. The van der Waals surface area contributed by atoms with Crippen LogP contribution in [0.15, 0.2) is 66.1 Å². The van der Waals surface area contributed by atoms with Gasteiger partial charge in [0.2, 0.25) is 0 Å². The number of alkyl carbamates (subject to hydrolysis) is 1. The lowest BCUT2D eigenvalue weighted by Gasteiger charge is -2.32. The molecule has 5 rings (SSSR count). The van der Waals surface area contributed by atoms with Crippen LogP contribution in [-0.2, 0) is 14.0 Å². The van der Waals surface area contributed by atoms with Gasteiger partial charge in [-0.3, -0.25) is 0 Å². The average Bonchev–Trinajstić information content (AvgIpc) is 3.34. The number of hydrogen-bond acceptors (Lipinski definition) is 4. The van der Waals surface area contributed by atoms with E-state index in [1.165, 1.54) is 13.0 Å². The number of hydrogen-bond donors (Lipinski definition) is 1. The molecule has 0 spiro atoms. The third kappa shape index (κ3) is 5.11. The summed E-state index contributed by atoms with van der Waals surface area (Å²) in [6.45, 7) is 9.41. The van der Waals surface area contributed by atoms with Gasteiger partial charge in [0, 0.05) is 12.5 Å². The molecule has 0 unspecified atom stereocenters. The van der Waals surface area contributed by atoms with E-state index in [-0.39, 0.29) is 24.6 Å². The molecule has 1 aliphatic heterocycles. The summed E-state index contributed by atoms with van der Waals surface area (Å²) in [6, 6.07) is 18.8. The quantitative estimate of drug-likeness (QED) is 0.355. The van der Waals surface area contributed by atoms with E-state index in [9.17, 15) is 13.6 Å². The van der Waals surface area contributed by atoms with Gasteiger partial charge in [-0.1, -0.05) is 60.7 Å². The van der Waals surface area contributed by atoms with Crippen LogP contribution in [0.25, 0.3) is 17.2 Å². The molecule has 1 fully saturated rings. The SMILES string of the molecule is Cc1c(C=C(CNC(=O)OCC2c3ccccc3-c3ccccc32)B2OC(C)(C)C(C)(C)O2)ccc(F)c1F. The zero-order valence-corrected chi connectivity index (χ0v) is 22.8. The van der Waals surface area contributed by atoms with Crippen LogP contribution >= 0.6 is 0 Å². The van der Waals surface area contributed by atoms with E-state index >= 15 is 0 Å². The van der Waals surface area contributed by atoms with Crippen LogP contribution in [0.3, 0.4) is 0 Å². The molecule has 5 nitrogen and oxygen atoms in total. The zero-order chi connectivity index (χ0) is 27.9. The number of carbonyl (C=O) groups is 1. The Balaban J connectivity index is 1.33. The average molecular weight is 531 g/mol. The summed E-state index contributed by atoms with van der Waals surface area (Å²) in [6.07, 6.45) is 1.07. The Labute approximate surface area is 228 Å². The topological polar surface area (TPSA) is 56.8 Å². The Kier molecular flexibility index (Phi) is 7.12. The van der Waals surface area contributed by atoms with Crippen molar-refractivity contribution in [2.24, 2.45) is 0 Å². The number of halogens is 2. The van der Waals surface area contributed by atoms with Crippen LogP contribution in [0.1, 0.15) is 55.9 Å². The number of fused-ring (bicyclic) bond motifs is 3. The van der Waals surface area contributed by atoms with Crippen molar-refractivity contribution in [3.63, 3.8) is 0 Å². The van der Waals surface area contributed by atoms with Gasteiger partial charge < -0.3 is 19.4 Å². The van der Waals surface area contributed by atoms with Crippen molar-refractivity contribution < 1.29 is 27.6 Å². The molecule has 1 heterocycles. The van der Waals surface area contributed by atoms with Crippen molar-refractivity contribution >= 4 is 19.3 Å². The lowest BCUT2D eigenvalue weighted by atomic mass is 9.76. The molecule has 202 valence electrons. The van der Waals surface area contributed by atoms with Crippen molar-refractivity contribution in [2.45, 2.75) is 51.7 Å². The van der Waals surface area contributed by atoms with E-state index in [0.717, 1.165) is 28.3 Å². The second kappa shape index (κ2) is 10.2. The van der Waals surface area contributed by atoms with E-state index in [0.29, 0.717) is 11.0 Å². The van der Waals surface area contributed by atoms with E-state index in [1.807, 2.05) is 52.0 Å². The molecule has 1 aliphatic carbocycles. The first-order chi connectivity index (χ1) is 18.5. The summed E-state index contributed by atoms with van der Waals surface area (Å²) in [4.78, 5) is 12.9. The number of nitrogens with one attached hydrogen (secondary N) is 1. The Morgan fingerprint density at radius 3 is 2.10 bits per heavy atom. The minimum absolute atomic E-state index is 0.0337. The van der Waals surface area contributed by atoms with E-state index in [4.69, 9.17) is 14.0 Å². The minimum atomic E-state index is -0.918.